The lowest BCUT2D eigenvalue weighted by molar-refractivity contribution is 0.900. The van der Waals surface area contributed by atoms with E-state index in [1.165, 1.54) is 11.1 Å². The molecule has 0 aromatic heterocycles. The monoisotopic (exact) mass is 294 g/mol. The lowest BCUT2D eigenvalue weighted by Gasteiger charge is -2.10. The maximum absolute atomic E-state index is 4.17. The molecule has 0 radical (unpaired) electrons. The smallest absolute Gasteiger partial charge is 0.000160 e. The summed E-state index contributed by atoms with van der Waals surface area (Å²) in [6.45, 7) is 18.2. The molecule has 1 aliphatic rings. The van der Waals surface area contributed by atoms with Crippen LogP contribution < -0.4 is 0 Å². The van der Waals surface area contributed by atoms with Gasteiger partial charge in [0.2, 0.25) is 0 Å². The largest absolute Gasteiger partial charge is 0.0984 e. The molecule has 1 unspecified atom stereocenters. The second-order valence-electron chi connectivity index (χ2n) is 4.49. The van der Waals surface area contributed by atoms with Crippen molar-refractivity contribution in [2.24, 2.45) is 5.92 Å². The highest BCUT2D eigenvalue weighted by Crippen LogP contribution is 2.28. The van der Waals surface area contributed by atoms with Gasteiger partial charge in [-0.1, -0.05) is 102 Å². The van der Waals surface area contributed by atoms with E-state index in [1.807, 2.05) is 52.0 Å². The first-order valence-corrected chi connectivity index (χ1v) is 8.19. The number of benzene rings is 1. The fraction of sp³-hybridized carbons (Fsp3) is 0.273. The summed E-state index contributed by atoms with van der Waals surface area (Å²) in [7, 11) is 0. The molecule has 0 heterocycles. The molecular formula is C22H30. The fourth-order valence-electron chi connectivity index (χ4n) is 2.14. The van der Waals surface area contributed by atoms with Crippen LogP contribution in [0.3, 0.4) is 0 Å². The third-order valence-electron chi connectivity index (χ3n) is 3.19. The molecule has 1 aromatic carbocycles. The van der Waals surface area contributed by atoms with E-state index in [1.54, 1.807) is 0 Å². The van der Waals surface area contributed by atoms with E-state index in [9.17, 15) is 0 Å². The molecule has 22 heavy (non-hydrogen) atoms. The molecule has 0 N–H and O–H groups in total. The molecule has 1 aromatic rings. The summed E-state index contributed by atoms with van der Waals surface area (Å²) in [6, 6.07) is 10.3. The first-order valence-electron chi connectivity index (χ1n) is 8.19. The zero-order chi connectivity index (χ0) is 17.0. The maximum Gasteiger partial charge on any atom is -0.000160 e. The van der Waals surface area contributed by atoms with E-state index >= 15 is 0 Å². The first-order chi connectivity index (χ1) is 10.7. The number of allylic oxidation sites excluding steroid dienone is 8. The van der Waals surface area contributed by atoms with Crippen LogP contribution in [-0.2, 0) is 0 Å². The molecule has 118 valence electrons. The third kappa shape index (κ3) is 5.73. The van der Waals surface area contributed by atoms with Crippen LogP contribution in [-0.4, -0.2) is 0 Å². The van der Waals surface area contributed by atoms with E-state index in [2.05, 4.69) is 56.5 Å². The Kier molecular flexibility index (Phi) is 10.5. The highest BCUT2D eigenvalue weighted by Gasteiger charge is 2.11. The molecule has 0 fully saturated rings. The van der Waals surface area contributed by atoms with Gasteiger partial charge < -0.3 is 0 Å². The van der Waals surface area contributed by atoms with Crippen LogP contribution in [0.15, 0.2) is 85.0 Å². The van der Waals surface area contributed by atoms with Gasteiger partial charge in [0.05, 0.1) is 0 Å². The van der Waals surface area contributed by atoms with Crippen LogP contribution >= 0.6 is 0 Å². The summed E-state index contributed by atoms with van der Waals surface area (Å²) >= 11 is 0. The molecule has 0 amide bonds. The van der Waals surface area contributed by atoms with Gasteiger partial charge in [-0.2, -0.15) is 0 Å². The molecule has 0 saturated heterocycles. The highest BCUT2D eigenvalue weighted by atomic mass is 14.2. The molecule has 0 spiro atoms. The van der Waals surface area contributed by atoms with E-state index in [-0.39, 0.29) is 0 Å². The van der Waals surface area contributed by atoms with Crippen molar-refractivity contribution in [2.75, 3.05) is 0 Å². The predicted molar refractivity (Wildman–Crippen MR) is 103 cm³/mol. The molecule has 0 nitrogen and oxygen atoms in total. The normalized spacial score (nSPS) is 15.8. The average molecular weight is 294 g/mol. The van der Waals surface area contributed by atoms with Crippen molar-refractivity contribution < 1.29 is 0 Å². The van der Waals surface area contributed by atoms with E-state index < -0.39 is 0 Å². The zero-order valence-electron chi connectivity index (χ0n) is 14.8. The maximum atomic E-state index is 4.17. The molecule has 0 heteroatoms. The molecule has 1 atom stereocenters. The van der Waals surface area contributed by atoms with Crippen LogP contribution in [0.2, 0.25) is 0 Å². The Morgan fingerprint density at radius 1 is 1.05 bits per heavy atom. The number of hydrogen-bond acceptors (Lipinski definition) is 0. The van der Waals surface area contributed by atoms with Gasteiger partial charge in [-0.25, -0.2) is 0 Å². The summed E-state index contributed by atoms with van der Waals surface area (Å²) in [6.07, 6.45) is 10.4. The van der Waals surface area contributed by atoms with Crippen molar-refractivity contribution in [3.05, 3.63) is 90.6 Å². The Morgan fingerprint density at radius 3 is 2.09 bits per heavy atom. The van der Waals surface area contributed by atoms with Crippen LogP contribution in [0.1, 0.15) is 40.2 Å². The minimum atomic E-state index is 0.454. The predicted octanol–water partition coefficient (Wildman–Crippen LogP) is 7.00. The van der Waals surface area contributed by atoms with Crippen molar-refractivity contribution in [3.63, 3.8) is 0 Å². The molecule has 0 bridgehead atoms. The summed E-state index contributed by atoms with van der Waals surface area (Å²) in [5, 5.41) is 0. The minimum Gasteiger partial charge on any atom is -0.0984 e. The van der Waals surface area contributed by atoms with Gasteiger partial charge in [0, 0.05) is 0 Å². The first kappa shape index (κ1) is 19.9. The highest BCUT2D eigenvalue weighted by molar-refractivity contribution is 5.76. The number of rotatable bonds is 4. The Labute approximate surface area is 137 Å². The topological polar surface area (TPSA) is 0 Å². The van der Waals surface area contributed by atoms with Gasteiger partial charge in [-0.3, -0.25) is 0 Å². The summed E-state index contributed by atoms with van der Waals surface area (Å²) in [5.41, 5.74) is 4.63. The van der Waals surface area contributed by atoms with Gasteiger partial charge >= 0.3 is 0 Å². The van der Waals surface area contributed by atoms with Crippen LogP contribution in [0.4, 0.5) is 0 Å². The molecule has 1 aliphatic carbocycles. The van der Waals surface area contributed by atoms with Crippen LogP contribution in [0.25, 0.3) is 5.57 Å². The Hall–Kier alpha value is -2.08. The van der Waals surface area contributed by atoms with Gasteiger partial charge in [-0.15, -0.1) is 0 Å². The van der Waals surface area contributed by atoms with Crippen molar-refractivity contribution in [1.29, 1.82) is 0 Å². The lowest BCUT2D eigenvalue weighted by Crippen LogP contribution is -1.94. The number of hydrogen-bond donors (Lipinski definition) is 0. The summed E-state index contributed by atoms with van der Waals surface area (Å²) in [4.78, 5) is 0. The van der Waals surface area contributed by atoms with Crippen LogP contribution in [0, 0.1) is 5.92 Å². The standard InChI is InChI=1S/C18H18.2C2H6/c1-4-16(17-10-6-5-7-11-17)13-15(3)18-12-8-9-14(18)2;2*1-2/h4-14H,1,3H2,2H3;2*1-2H3/b16-13+;;. The molecule has 0 saturated carbocycles. The molecular weight excluding hydrogens is 264 g/mol. The van der Waals surface area contributed by atoms with Gasteiger partial charge in [0.1, 0.15) is 0 Å². The van der Waals surface area contributed by atoms with Crippen molar-refractivity contribution >= 4 is 5.57 Å². The van der Waals surface area contributed by atoms with Crippen LogP contribution in [0.5, 0.6) is 0 Å². The van der Waals surface area contributed by atoms with Gasteiger partial charge in [0.25, 0.3) is 0 Å². The van der Waals surface area contributed by atoms with E-state index in [0.717, 1.165) is 11.1 Å². The Bertz CT molecular complexity index is 539. The van der Waals surface area contributed by atoms with Crippen molar-refractivity contribution in [1.82, 2.24) is 0 Å². The zero-order valence-corrected chi connectivity index (χ0v) is 14.8. The third-order valence-corrected chi connectivity index (χ3v) is 3.19. The lowest BCUT2D eigenvalue weighted by atomic mass is 9.94. The Morgan fingerprint density at radius 2 is 1.64 bits per heavy atom. The molecule has 0 aliphatic heterocycles. The van der Waals surface area contributed by atoms with Gasteiger partial charge in [0.15, 0.2) is 0 Å². The quantitative estimate of drug-likeness (QED) is 0.524. The fourth-order valence-corrected chi connectivity index (χ4v) is 2.14. The summed E-state index contributed by atoms with van der Waals surface area (Å²) < 4.78 is 0. The molecule has 2 rings (SSSR count). The SMILES string of the molecule is C=C/C(=C\C(=C)C1=CC=CC1C)c1ccccc1.CC.CC. The second-order valence-corrected chi connectivity index (χ2v) is 4.49. The summed E-state index contributed by atoms with van der Waals surface area (Å²) in [5.74, 6) is 0.454. The van der Waals surface area contributed by atoms with E-state index in [4.69, 9.17) is 0 Å². The van der Waals surface area contributed by atoms with Crippen molar-refractivity contribution in [3.8, 4) is 0 Å². The average Bonchev–Trinajstić information content (AvgIpc) is 3.03. The minimum absolute atomic E-state index is 0.454. The Balaban J connectivity index is 0.00000102. The van der Waals surface area contributed by atoms with Crippen molar-refractivity contribution in [2.45, 2.75) is 34.6 Å². The van der Waals surface area contributed by atoms with E-state index in [0.29, 0.717) is 5.92 Å². The van der Waals surface area contributed by atoms with Gasteiger partial charge in [-0.05, 0) is 34.3 Å². The second kappa shape index (κ2) is 11.6.